The van der Waals surface area contributed by atoms with E-state index in [2.05, 4.69) is 205 Å². The average Bonchev–Trinajstić information content (AvgIpc) is 3.61. The minimum Gasteiger partial charge on any atom is -0.309 e. The molecular weight excluding hydrogens is 667 g/mol. The van der Waals surface area contributed by atoms with E-state index in [1.165, 1.54) is 48.9 Å². The molecule has 0 aliphatic heterocycles. The molecule has 0 radical (unpaired) electrons. The molecule has 0 amide bonds. The van der Waals surface area contributed by atoms with Gasteiger partial charge in [-0.1, -0.05) is 164 Å². The van der Waals surface area contributed by atoms with Crippen molar-refractivity contribution in [3.05, 3.63) is 200 Å². The van der Waals surface area contributed by atoms with Crippen molar-refractivity contribution < 1.29 is 0 Å². The van der Waals surface area contributed by atoms with E-state index in [4.69, 9.17) is 9.97 Å². The molecule has 2 aromatic heterocycles. The van der Waals surface area contributed by atoms with Gasteiger partial charge in [-0.05, 0) is 74.3 Å². The molecule has 0 aliphatic rings. The molecule has 0 aliphatic carbocycles. The topological polar surface area (TPSA) is 30.7 Å². The molecule has 0 unspecified atom stereocenters. The van der Waals surface area contributed by atoms with Crippen LogP contribution in [0.2, 0.25) is 0 Å². The molecular formula is C52H33N3. The Bertz CT molecular complexity index is 3250. The third-order valence-electron chi connectivity index (χ3n) is 11.0. The minimum absolute atomic E-state index is 0.713. The monoisotopic (exact) mass is 699 g/mol. The van der Waals surface area contributed by atoms with Crippen molar-refractivity contribution in [2.75, 3.05) is 0 Å². The number of aromatic nitrogens is 3. The van der Waals surface area contributed by atoms with Crippen molar-refractivity contribution in [2.24, 2.45) is 0 Å². The summed E-state index contributed by atoms with van der Waals surface area (Å²) in [6.07, 6.45) is 0. The average molecular weight is 700 g/mol. The van der Waals surface area contributed by atoms with E-state index in [1.807, 2.05) is 0 Å². The molecule has 0 atom stereocenters. The summed E-state index contributed by atoms with van der Waals surface area (Å²) in [5.74, 6) is 0.713. The Balaban J connectivity index is 1.16. The van der Waals surface area contributed by atoms with Crippen LogP contribution in [0.25, 0.3) is 105 Å². The molecule has 2 heterocycles. The van der Waals surface area contributed by atoms with Gasteiger partial charge in [0.25, 0.3) is 0 Å². The van der Waals surface area contributed by atoms with Crippen molar-refractivity contribution in [1.82, 2.24) is 14.5 Å². The van der Waals surface area contributed by atoms with Gasteiger partial charge >= 0.3 is 0 Å². The van der Waals surface area contributed by atoms with Crippen molar-refractivity contribution >= 4 is 54.1 Å². The molecule has 0 bridgehead atoms. The van der Waals surface area contributed by atoms with Crippen LogP contribution in [0.4, 0.5) is 0 Å². The lowest BCUT2D eigenvalue weighted by molar-refractivity contribution is 1.18. The van der Waals surface area contributed by atoms with Crippen LogP contribution in [0.5, 0.6) is 0 Å². The molecule has 0 saturated carbocycles. The van der Waals surface area contributed by atoms with Crippen LogP contribution in [0.1, 0.15) is 0 Å². The molecule has 11 aromatic rings. The summed E-state index contributed by atoms with van der Waals surface area (Å²) in [4.78, 5) is 10.8. The third-order valence-corrected chi connectivity index (χ3v) is 11.0. The van der Waals surface area contributed by atoms with E-state index < -0.39 is 0 Å². The molecule has 0 saturated heterocycles. The highest BCUT2D eigenvalue weighted by molar-refractivity contribution is 6.19. The van der Waals surface area contributed by atoms with Gasteiger partial charge < -0.3 is 4.57 Å². The van der Waals surface area contributed by atoms with Gasteiger partial charge in [0, 0.05) is 38.7 Å². The van der Waals surface area contributed by atoms with Crippen LogP contribution in [0.3, 0.4) is 0 Å². The van der Waals surface area contributed by atoms with Gasteiger partial charge in [-0.25, -0.2) is 9.97 Å². The highest BCUT2D eigenvalue weighted by atomic mass is 15.0. The Morgan fingerprint density at radius 2 is 0.964 bits per heavy atom. The Morgan fingerprint density at radius 3 is 1.80 bits per heavy atom. The second-order valence-electron chi connectivity index (χ2n) is 14.2. The van der Waals surface area contributed by atoms with Crippen molar-refractivity contribution in [3.8, 4) is 50.7 Å². The third kappa shape index (κ3) is 5.13. The van der Waals surface area contributed by atoms with Gasteiger partial charge in [0.2, 0.25) is 0 Å². The maximum absolute atomic E-state index is 5.46. The Hall–Kier alpha value is -7.36. The van der Waals surface area contributed by atoms with Crippen LogP contribution in [-0.2, 0) is 0 Å². The number of benzene rings is 9. The summed E-state index contributed by atoms with van der Waals surface area (Å²) in [6.45, 7) is 0. The second kappa shape index (κ2) is 12.6. The maximum Gasteiger partial charge on any atom is 0.161 e. The van der Waals surface area contributed by atoms with Crippen LogP contribution in [0, 0.1) is 0 Å². The van der Waals surface area contributed by atoms with Gasteiger partial charge in [-0.3, -0.25) is 0 Å². The van der Waals surface area contributed by atoms with Crippen LogP contribution >= 0.6 is 0 Å². The van der Waals surface area contributed by atoms with E-state index in [0.717, 1.165) is 50.1 Å². The number of para-hydroxylation sites is 3. The minimum atomic E-state index is 0.713. The molecule has 3 heteroatoms. The normalized spacial score (nSPS) is 11.6. The summed E-state index contributed by atoms with van der Waals surface area (Å²) in [5.41, 5.74) is 10.7. The number of hydrogen-bond acceptors (Lipinski definition) is 2. The summed E-state index contributed by atoms with van der Waals surface area (Å²) in [6, 6.07) is 71.5. The number of fused-ring (bicyclic) bond motifs is 7. The first-order chi connectivity index (χ1) is 27.3. The van der Waals surface area contributed by atoms with Gasteiger partial charge in [0.15, 0.2) is 5.82 Å². The van der Waals surface area contributed by atoms with Crippen LogP contribution in [0.15, 0.2) is 200 Å². The number of hydrogen-bond donors (Lipinski definition) is 0. The van der Waals surface area contributed by atoms with E-state index >= 15 is 0 Å². The fourth-order valence-corrected chi connectivity index (χ4v) is 8.47. The molecule has 11 rings (SSSR count). The summed E-state index contributed by atoms with van der Waals surface area (Å²) < 4.78 is 2.40. The Labute approximate surface area is 318 Å². The zero-order valence-corrected chi connectivity index (χ0v) is 29.9. The second-order valence-corrected chi connectivity index (χ2v) is 14.2. The lowest BCUT2D eigenvalue weighted by atomic mass is 9.92. The van der Waals surface area contributed by atoms with Crippen molar-refractivity contribution in [3.63, 3.8) is 0 Å². The van der Waals surface area contributed by atoms with Gasteiger partial charge in [0.1, 0.15) is 0 Å². The molecule has 9 aromatic carbocycles. The maximum atomic E-state index is 5.46. The first-order valence-electron chi connectivity index (χ1n) is 18.7. The standard InChI is InChI=1S/C52H33N3/c1-3-16-35(17-4-1)47-33-48(54-52(53-47)50-41-24-10-8-18-37(41)32-46-40-23-9-7-15-34(40)29-30-44(46)50)38-20-13-19-36(31-38)42-26-14-27-45-43-25-11-12-28-49(43)55(51(42)45)39-21-5-2-6-22-39/h1-33H. The van der Waals surface area contributed by atoms with Crippen LogP contribution < -0.4 is 0 Å². The SMILES string of the molecule is c1ccc(-c2cc(-c3cccc(-c4cccc5c6ccccc6n(-c6ccccc6)c45)c3)nc(-c3c4ccccc4cc4c3ccc3ccccc34)n2)cc1. The fraction of sp³-hybridized carbons (Fsp3) is 0. The van der Waals surface area contributed by atoms with E-state index in [1.54, 1.807) is 0 Å². The molecule has 0 fully saturated rings. The van der Waals surface area contributed by atoms with Gasteiger partial charge in [-0.2, -0.15) is 0 Å². The quantitative estimate of drug-likeness (QED) is 0.132. The van der Waals surface area contributed by atoms with Gasteiger partial charge in [-0.15, -0.1) is 0 Å². The highest BCUT2D eigenvalue weighted by Gasteiger charge is 2.19. The lowest BCUT2D eigenvalue weighted by Gasteiger charge is -2.15. The van der Waals surface area contributed by atoms with E-state index in [-0.39, 0.29) is 0 Å². The lowest BCUT2D eigenvalue weighted by Crippen LogP contribution is -1.98. The molecule has 55 heavy (non-hydrogen) atoms. The summed E-state index contributed by atoms with van der Waals surface area (Å²) in [7, 11) is 0. The first kappa shape index (κ1) is 31.2. The molecule has 3 nitrogen and oxygen atoms in total. The predicted octanol–water partition coefficient (Wildman–Crippen LogP) is 13.7. The van der Waals surface area contributed by atoms with Crippen molar-refractivity contribution in [1.29, 1.82) is 0 Å². The highest BCUT2D eigenvalue weighted by Crippen LogP contribution is 2.41. The number of rotatable bonds is 5. The zero-order chi connectivity index (χ0) is 36.3. The van der Waals surface area contributed by atoms with E-state index in [9.17, 15) is 0 Å². The summed E-state index contributed by atoms with van der Waals surface area (Å²) >= 11 is 0. The molecule has 0 N–H and O–H groups in total. The first-order valence-corrected chi connectivity index (χ1v) is 18.7. The fourth-order valence-electron chi connectivity index (χ4n) is 8.47. The zero-order valence-electron chi connectivity index (χ0n) is 29.9. The summed E-state index contributed by atoms with van der Waals surface area (Å²) in [5, 5.41) is 9.55. The van der Waals surface area contributed by atoms with Crippen LogP contribution in [-0.4, -0.2) is 14.5 Å². The van der Waals surface area contributed by atoms with Gasteiger partial charge in [0.05, 0.1) is 22.4 Å². The largest absolute Gasteiger partial charge is 0.309 e. The smallest absolute Gasteiger partial charge is 0.161 e. The number of nitrogens with zero attached hydrogens (tertiary/aromatic N) is 3. The Kier molecular flexibility index (Phi) is 7.17. The molecule has 0 spiro atoms. The van der Waals surface area contributed by atoms with E-state index in [0.29, 0.717) is 5.82 Å². The van der Waals surface area contributed by atoms with Crippen molar-refractivity contribution in [2.45, 2.75) is 0 Å². The Morgan fingerprint density at radius 1 is 0.345 bits per heavy atom. The molecule has 256 valence electrons. The predicted molar refractivity (Wildman–Crippen MR) is 231 cm³/mol.